The zero-order valence-electron chi connectivity index (χ0n) is 7.00. The van der Waals surface area contributed by atoms with Crippen molar-refractivity contribution in [1.29, 1.82) is 0 Å². The number of aldehydes is 2. The summed E-state index contributed by atoms with van der Waals surface area (Å²) in [6, 6.07) is 0. The summed E-state index contributed by atoms with van der Waals surface area (Å²) in [6.07, 6.45) is 0.463. The van der Waals surface area contributed by atoms with Gasteiger partial charge >= 0.3 is 0 Å². The van der Waals surface area contributed by atoms with E-state index in [1.54, 1.807) is 0 Å². The number of alkyl halides is 2. The molecule has 80 valence electrons. The highest BCUT2D eigenvalue weighted by Crippen LogP contribution is 2.42. The van der Waals surface area contributed by atoms with Gasteiger partial charge in [0.25, 0.3) is 0 Å². The first-order valence-electron chi connectivity index (χ1n) is 3.65. The van der Waals surface area contributed by atoms with Crippen molar-refractivity contribution in [2.24, 2.45) is 5.92 Å². The van der Waals surface area contributed by atoms with Crippen LogP contribution >= 0.6 is 43.5 Å². The van der Waals surface area contributed by atoms with Gasteiger partial charge in [-0.3, -0.25) is 14.4 Å². The molecule has 0 bridgehead atoms. The van der Waals surface area contributed by atoms with E-state index in [1.165, 1.54) is 0 Å². The second-order valence-corrected chi connectivity index (χ2v) is 5.87. The Labute approximate surface area is 106 Å². The van der Waals surface area contributed by atoms with Crippen molar-refractivity contribution in [3.63, 3.8) is 0 Å². The SMILES string of the molecule is O=CC1=C(Br)C(=O)C(Cl)(Br)C(C=O)C1=O. The van der Waals surface area contributed by atoms with Gasteiger partial charge in [-0.05, 0) is 15.9 Å². The third kappa shape index (κ3) is 1.86. The molecule has 0 fully saturated rings. The van der Waals surface area contributed by atoms with Crippen molar-refractivity contribution in [3.8, 4) is 0 Å². The maximum atomic E-state index is 11.6. The summed E-state index contributed by atoms with van der Waals surface area (Å²) in [4.78, 5) is 44.3. The van der Waals surface area contributed by atoms with Gasteiger partial charge in [0.15, 0.2) is 15.9 Å². The number of hydrogen-bond acceptors (Lipinski definition) is 4. The van der Waals surface area contributed by atoms with E-state index in [9.17, 15) is 19.2 Å². The lowest BCUT2D eigenvalue weighted by Crippen LogP contribution is -2.45. The minimum atomic E-state index is -1.81. The van der Waals surface area contributed by atoms with Crippen LogP contribution in [0, 0.1) is 5.92 Å². The van der Waals surface area contributed by atoms with E-state index >= 15 is 0 Å². The monoisotopic (exact) mass is 356 g/mol. The number of ketones is 2. The molecule has 0 aromatic carbocycles. The molecule has 0 aromatic rings. The summed E-state index contributed by atoms with van der Waals surface area (Å²) in [5, 5.41) is 0. The number of halogens is 3. The average molecular weight is 358 g/mol. The Kier molecular flexibility index (Phi) is 3.63. The van der Waals surface area contributed by atoms with Crippen LogP contribution in [-0.2, 0) is 19.2 Å². The standard InChI is InChI=1S/C8H3Br2ClO4/c9-5-3(1-12)6(14)4(2-13)8(10,11)7(5)15/h1-2,4H. The molecule has 4 nitrogen and oxygen atoms in total. The van der Waals surface area contributed by atoms with Crippen LogP contribution in [0.5, 0.6) is 0 Å². The van der Waals surface area contributed by atoms with Gasteiger partial charge in [0.05, 0.1) is 10.1 Å². The highest BCUT2D eigenvalue weighted by Gasteiger charge is 2.52. The van der Waals surface area contributed by atoms with Gasteiger partial charge in [-0.25, -0.2) is 0 Å². The highest BCUT2D eigenvalue weighted by atomic mass is 79.9. The second kappa shape index (κ2) is 4.27. The minimum absolute atomic E-state index is 0.215. The average Bonchev–Trinajstić information content (AvgIpc) is 2.16. The van der Waals surface area contributed by atoms with Gasteiger partial charge in [-0.2, -0.15) is 0 Å². The van der Waals surface area contributed by atoms with Crippen molar-refractivity contribution < 1.29 is 19.2 Å². The summed E-state index contributed by atoms with van der Waals surface area (Å²) in [5.41, 5.74) is -0.368. The number of Topliss-reactive ketones (excluding diaryl/α,β-unsaturated/α-hetero) is 2. The third-order valence-corrected chi connectivity index (χ3v) is 3.98. The van der Waals surface area contributed by atoms with Crippen LogP contribution in [0.1, 0.15) is 0 Å². The number of rotatable bonds is 2. The van der Waals surface area contributed by atoms with Crippen molar-refractivity contribution >= 4 is 67.6 Å². The Morgan fingerprint density at radius 1 is 1.33 bits per heavy atom. The smallest absolute Gasteiger partial charge is 0.203 e. The Hall–Kier alpha value is -0.330. The van der Waals surface area contributed by atoms with Crippen molar-refractivity contribution in [2.75, 3.05) is 0 Å². The number of carbonyl (C=O) groups is 4. The quantitative estimate of drug-likeness (QED) is 0.321. The van der Waals surface area contributed by atoms with Gasteiger partial charge in [0.1, 0.15) is 12.2 Å². The number of carbonyl (C=O) groups excluding carboxylic acids is 4. The van der Waals surface area contributed by atoms with Crippen molar-refractivity contribution in [2.45, 2.75) is 3.78 Å². The normalized spacial score (nSPS) is 31.8. The second-order valence-electron chi connectivity index (χ2n) is 2.78. The van der Waals surface area contributed by atoms with Crippen molar-refractivity contribution in [1.82, 2.24) is 0 Å². The van der Waals surface area contributed by atoms with Crippen LogP contribution in [0.25, 0.3) is 0 Å². The lowest BCUT2D eigenvalue weighted by Gasteiger charge is -2.28. The maximum Gasteiger partial charge on any atom is 0.203 e. The van der Waals surface area contributed by atoms with Crippen molar-refractivity contribution in [3.05, 3.63) is 10.1 Å². The predicted octanol–water partition coefficient (Wildman–Crippen LogP) is 1.13. The largest absolute Gasteiger partial charge is 0.302 e. The molecule has 0 saturated heterocycles. The summed E-state index contributed by atoms with van der Waals surface area (Å²) in [7, 11) is 0. The van der Waals surface area contributed by atoms with E-state index in [0.29, 0.717) is 0 Å². The summed E-state index contributed by atoms with van der Waals surface area (Å²) in [6.45, 7) is 0. The molecule has 0 aromatic heterocycles. The fourth-order valence-corrected chi connectivity index (χ4v) is 2.85. The van der Waals surface area contributed by atoms with E-state index in [1.807, 2.05) is 0 Å². The summed E-state index contributed by atoms with van der Waals surface area (Å²) >= 11 is 11.3. The van der Waals surface area contributed by atoms with Gasteiger partial charge in [-0.15, -0.1) is 0 Å². The predicted molar refractivity (Wildman–Crippen MR) is 59.1 cm³/mol. The molecule has 15 heavy (non-hydrogen) atoms. The molecule has 2 atom stereocenters. The Morgan fingerprint density at radius 3 is 2.27 bits per heavy atom. The first kappa shape index (κ1) is 12.7. The van der Waals surface area contributed by atoms with Crippen LogP contribution in [0.3, 0.4) is 0 Å². The van der Waals surface area contributed by atoms with Gasteiger partial charge in [-0.1, -0.05) is 27.5 Å². The van der Waals surface area contributed by atoms with E-state index in [0.717, 1.165) is 0 Å². The third-order valence-electron chi connectivity index (χ3n) is 1.93. The molecule has 0 amide bonds. The molecule has 1 rings (SSSR count). The fraction of sp³-hybridized carbons (Fsp3) is 0.250. The topological polar surface area (TPSA) is 68.3 Å². The van der Waals surface area contributed by atoms with E-state index in [-0.39, 0.29) is 22.6 Å². The molecule has 0 radical (unpaired) electrons. The lowest BCUT2D eigenvalue weighted by molar-refractivity contribution is -0.130. The van der Waals surface area contributed by atoms with Crippen LogP contribution < -0.4 is 0 Å². The van der Waals surface area contributed by atoms with Crippen LogP contribution in [0.2, 0.25) is 0 Å². The van der Waals surface area contributed by atoms with Gasteiger partial charge in [0, 0.05) is 0 Å². The molecule has 0 aliphatic heterocycles. The first-order chi connectivity index (χ1) is 6.87. The maximum absolute atomic E-state index is 11.6. The highest BCUT2D eigenvalue weighted by molar-refractivity contribution is 9.12. The van der Waals surface area contributed by atoms with E-state index < -0.39 is 21.3 Å². The Balaban J connectivity index is 3.44. The molecule has 2 unspecified atom stereocenters. The molecule has 0 saturated carbocycles. The van der Waals surface area contributed by atoms with Crippen LogP contribution in [0.15, 0.2) is 10.1 Å². The zero-order valence-corrected chi connectivity index (χ0v) is 10.9. The fourth-order valence-electron chi connectivity index (χ4n) is 1.11. The lowest BCUT2D eigenvalue weighted by atomic mass is 9.87. The number of allylic oxidation sites excluding steroid dienone is 2. The summed E-state index contributed by atoms with van der Waals surface area (Å²) in [5.74, 6) is -2.89. The first-order valence-corrected chi connectivity index (χ1v) is 5.61. The molecule has 1 aliphatic carbocycles. The summed E-state index contributed by atoms with van der Waals surface area (Å²) < 4.78 is -2.02. The molecular formula is C8H3Br2ClO4. The zero-order chi connectivity index (χ0) is 11.8. The molecule has 1 aliphatic rings. The molecule has 7 heteroatoms. The molecule has 0 N–H and O–H groups in total. The van der Waals surface area contributed by atoms with Gasteiger partial charge < -0.3 is 4.79 Å². The molecule has 0 spiro atoms. The molecule has 0 heterocycles. The minimum Gasteiger partial charge on any atom is -0.302 e. The van der Waals surface area contributed by atoms with Crippen LogP contribution in [0.4, 0.5) is 0 Å². The Bertz CT molecular complexity index is 399. The Morgan fingerprint density at radius 2 is 1.87 bits per heavy atom. The van der Waals surface area contributed by atoms with Crippen LogP contribution in [-0.4, -0.2) is 27.9 Å². The molecular weight excluding hydrogens is 355 g/mol. The van der Waals surface area contributed by atoms with E-state index in [2.05, 4.69) is 31.9 Å². The van der Waals surface area contributed by atoms with E-state index in [4.69, 9.17) is 11.6 Å². The number of hydrogen-bond donors (Lipinski definition) is 0. The van der Waals surface area contributed by atoms with Gasteiger partial charge in [0.2, 0.25) is 5.78 Å².